The third-order valence-electron chi connectivity index (χ3n) is 5.09. The van der Waals surface area contributed by atoms with Crippen molar-refractivity contribution < 1.29 is 22.8 Å². The van der Waals surface area contributed by atoms with Gasteiger partial charge in [0, 0.05) is 43.9 Å². The Balaban J connectivity index is 1.81. The highest BCUT2D eigenvalue weighted by Gasteiger charge is 2.31. The van der Waals surface area contributed by atoms with Crippen LogP contribution in [0.5, 0.6) is 0 Å². The molecular weight excluding hydrogens is 427 g/mol. The van der Waals surface area contributed by atoms with Crippen molar-refractivity contribution in [2.45, 2.75) is 32.5 Å². The molecule has 11 heteroatoms. The highest BCUT2D eigenvalue weighted by atomic mass is 19.4. The maximum Gasteiger partial charge on any atom is 0.416 e. The summed E-state index contributed by atoms with van der Waals surface area (Å²) < 4.78 is 40.3. The highest BCUT2D eigenvalue weighted by Crippen LogP contribution is 2.32. The lowest BCUT2D eigenvalue weighted by Gasteiger charge is -2.25. The molecule has 1 atom stereocenters. The van der Waals surface area contributed by atoms with Crippen LogP contribution in [0, 0.1) is 0 Å². The van der Waals surface area contributed by atoms with E-state index < -0.39 is 29.2 Å². The number of nitrogens with two attached hydrogens (primary N) is 1. The van der Waals surface area contributed by atoms with Gasteiger partial charge in [0.05, 0.1) is 11.6 Å². The lowest BCUT2D eigenvalue weighted by molar-refractivity contribution is -0.137. The van der Waals surface area contributed by atoms with Crippen molar-refractivity contribution in [2.24, 2.45) is 0 Å². The van der Waals surface area contributed by atoms with E-state index in [4.69, 9.17) is 5.73 Å². The topological polar surface area (TPSA) is 110 Å². The summed E-state index contributed by atoms with van der Waals surface area (Å²) in [5, 5.41) is 6.68. The number of nitrogens with zero attached hydrogens (tertiary/aromatic N) is 3. The minimum absolute atomic E-state index is 0.0774. The van der Waals surface area contributed by atoms with Gasteiger partial charge in [-0.25, -0.2) is 4.68 Å². The number of carbonyl (C=O) groups is 2. The molecule has 0 saturated carbocycles. The van der Waals surface area contributed by atoms with Crippen LogP contribution in [0.4, 0.5) is 18.9 Å². The molecule has 1 aromatic carbocycles. The first-order valence-electron chi connectivity index (χ1n) is 9.79. The van der Waals surface area contributed by atoms with Gasteiger partial charge >= 0.3 is 6.18 Å². The third-order valence-corrected chi connectivity index (χ3v) is 5.09. The van der Waals surface area contributed by atoms with Gasteiger partial charge in [0.1, 0.15) is 5.69 Å². The maximum atomic E-state index is 13.1. The lowest BCUT2D eigenvalue weighted by atomic mass is 10.0. The molecule has 0 radical (unpaired) electrons. The van der Waals surface area contributed by atoms with Crippen LogP contribution in [0.1, 0.15) is 47.9 Å². The first-order valence-corrected chi connectivity index (χ1v) is 9.79. The number of aromatic nitrogens is 2. The Kier molecular flexibility index (Phi) is 6.37. The predicted molar refractivity (Wildman–Crippen MR) is 111 cm³/mol. The molecule has 1 aromatic heterocycles. The SMILES string of the molecule is CC(=O)N1CC=C(n2nc(C(=O)N[C@H](C)c3cc(N)cc(C(F)(F)F)c3)ccc2=O)CC1. The van der Waals surface area contributed by atoms with Crippen molar-refractivity contribution in [3.05, 3.63) is 63.6 Å². The second-order valence-electron chi connectivity index (χ2n) is 7.46. The van der Waals surface area contributed by atoms with Crippen LogP contribution in [0.2, 0.25) is 0 Å². The van der Waals surface area contributed by atoms with Crippen molar-refractivity contribution in [3.63, 3.8) is 0 Å². The summed E-state index contributed by atoms with van der Waals surface area (Å²) in [7, 11) is 0. The Morgan fingerprint density at radius 2 is 1.94 bits per heavy atom. The summed E-state index contributed by atoms with van der Waals surface area (Å²) in [6.45, 7) is 3.71. The fourth-order valence-electron chi connectivity index (χ4n) is 3.32. The minimum Gasteiger partial charge on any atom is -0.399 e. The molecule has 2 heterocycles. The van der Waals surface area contributed by atoms with E-state index in [9.17, 15) is 27.6 Å². The van der Waals surface area contributed by atoms with E-state index in [0.717, 1.165) is 16.8 Å². The number of anilines is 1. The van der Waals surface area contributed by atoms with Crippen LogP contribution < -0.4 is 16.6 Å². The molecule has 3 N–H and O–H groups in total. The number of hydrogen-bond acceptors (Lipinski definition) is 5. The molecule has 1 aliphatic rings. The van der Waals surface area contributed by atoms with Crippen molar-refractivity contribution in [1.29, 1.82) is 0 Å². The van der Waals surface area contributed by atoms with E-state index in [1.165, 1.54) is 32.0 Å². The predicted octanol–water partition coefficient (Wildman–Crippen LogP) is 2.43. The number of amides is 2. The summed E-state index contributed by atoms with van der Waals surface area (Å²) in [6, 6.07) is 4.72. The summed E-state index contributed by atoms with van der Waals surface area (Å²) in [6.07, 6.45) is -2.50. The first-order chi connectivity index (χ1) is 15.0. The Hall–Kier alpha value is -3.63. The molecule has 32 heavy (non-hydrogen) atoms. The summed E-state index contributed by atoms with van der Waals surface area (Å²) in [5.74, 6) is -0.748. The van der Waals surface area contributed by atoms with Crippen LogP contribution in [-0.2, 0) is 11.0 Å². The molecule has 0 unspecified atom stereocenters. The van der Waals surface area contributed by atoms with E-state index in [-0.39, 0.29) is 22.9 Å². The van der Waals surface area contributed by atoms with E-state index in [0.29, 0.717) is 25.2 Å². The van der Waals surface area contributed by atoms with Crippen LogP contribution in [0.25, 0.3) is 5.70 Å². The quantitative estimate of drug-likeness (QED) is 0.697. The molecule has 3 rings (SSSR count). The largest absolute Gasteiger partial charge is 0.416 e. The zero-order valence-electron chi connectivity index (χ0n) is 17.4. The van der Waals surface area contributed by atoms with E-state index >= 15 is 0 Å². The Bertz CT molecular complexity index is 1140. The number of nitrogens with one attached hydrogen (secondary N) is 1. The average molecular weight is 449 g/mol. The van der Waals surface area contributed by atoms with Gasteiger partial charge in [-0.2, -0.15) is 18.3 Å². The van der Waals surface area contributed by atoms with Crippen molar-refractivity contribution in [3.8, 4) is 0 Å². The van der Waals surface area contributed by atoms with Crippen LogP contribution in [-0.4, -0.2) is 39.6 Å². The first kappa shape index (κ1) is 23.0. The zero-order chi connectivity index (χ0) is 23.6. The van der Waals surface area contributed by atoms with Gasteiger partial charge < -0.3 is 16.0 Å². The number of hydrogen-bond donors (Lipinski definition) is 2. The third kappa shape index (κ3) is 5.16. The summed E-state index contributed by atoms with van der Waals surface area (Å²) >= 11 is 0. The van der Waals surface area contributed by atoms with Crippen LogP contribution in [0.15, 0.2) is 41.2 Å². The molecule has 0 bridgehead atoms. The lowest BCUT2D eigenvalue weighted by Crippen LogP contribution is -2.36. The normalized spacial score (nSPS) is 15.2. The van der Waals surface area contributed by atoms with Crippen molar-refractivity contribution in [1.82, 2.24) is 20.0 Å². The van der Waals surface area contributed by atoms with Gasteiger partial charge in [0.2, 0.25) is 5.91 Å². The summed E-state index contributed by atoms with van der Waals surface area (Å²) in [4.78, 5) is 38.0. The number of benzene rings is 1. The second-order valence-corrected chi connectivity index (χ2v) is 7.46. The molecule has 1 aliphatic heterocycles. The molecule has 2 amide bonds. The molecule has 8 nitrogen and oxygen atoms in total. The van der Waals surface area contributed by atoms with E-state index in [1.54, 1.807) is 11.0 Å². The molecule has 0 aliphatic carbocycles. The van der Waals surface area contributed by atoms with Gasteiger partial charge in [-0.05, 0) is 42.8 Å². The van der Waals surface area contributed by atoms with E-state index in [2.05, 4.69) is 10.4 Å². The molecule has 2 aromatic rings. The van der Waals surface area contributed by atoms with Crippen LogP contribution >= 0.6 is 0 Å². The van der Waals surface area contributed by atoms with Crippen molar-refractivity contribution in [2.75, 3.05) is 18.8 Å². The molecule has 170 valence electrons. The van der Waals surface area contributed by atoms with Gasteiger partial charge in [-0.15, -0.1) is 0 Å². The average Bonchev–Trinajstić information content (AvgIpc) is 2.73. The Morgan fingerprint density at radius 1 is 1.22 bits per heavy atom. The van der Waals surface area contributed by atoms with Crippen molar-refractivity contribution >= 4 is 23.2 Å². The number of nitrogen functional groups attached to an aromatic ring is 1. The number of halogens is 3. The monoisotopic (exact) mass is 449 g/mol. The summed E-state index contributed by atoms with van der Waals surface area (Å²) in [5.41, 5.74) is 4.82. The van der Waals surface area contributed by atoms with Gasteiger partial charge in [0.15, 0.2) is 0 Å². The molecule has 0 fully saturated rings. The zero-order valence-corrected chi connectivity index (χ0v) is 17.4. The molecule has 0 saturated heterocycles. The van der Waals surface area contributed by atoms with Gasteiger partial charge in [-0.1, -0.05) is 0 Å². The Morgan fingerprint density at radius 3 is 2.53 bits per heavy atom. The number of alkyl halides is 3. The molecule has 0 spiro atoms. The molecular formula is C21H22F3N5O3. The second kappa shape index (κ2) is 8.85. The Labute approximate surface area is 181 Å². The van der Waals surface area contributed by atoms with Gasteiger partial charge in [0.25, 0.3) is 11.5 Å². The van der Waals surface area contributed by atoms with Gasteiger partial charge in [-0.3, -0.25) is 14.4 Å². The minimum atomic E-state index is -4.57. The fraction of sp³-hybridized carbons (Fsp3) is 0.333. The number of carbonyl (C=O) groups excluding carboxylic acids is 2. The van der Waals surface area contributed by atoms with Crippen LogP contribution in [0.3, 0.4) is 0 Å². The highest BCUT2D eigenvalue weighted by molar-refractivity contribution is 5.92. The standard InChI is InChI=1S/C21H22F3N5O3/c1-12(14-9-15(21(22,23)24)11-16(25)10-14)26-20(32)18-3-4-19(31)29(27-18)17-5-7-28(8-6-17)13(2)30/h3-5,9-12H,6-8,25H2,1-2H3,(H,26,32)/t12-/m1/s1. The fourth-order valence-corrected chi connectivity index (χ4v) is 3.32. The number of rotatable bonds is 4. The van der Waals surface area contributed by atoms with E-state index in [1.807, 2.05) is 0 Å². The smallest absolute Gasteiger partial charge is 0.399 e. The maximum absolute atomic E-state index is 13.1.